The fraction of sp³-hybridized carbons (Fsp3) is 0.231. The molecule has 1 aromatic heterocycles. The molecule has 0 spiro atoms. The number of hydrogen-bond acceptors (Lipinski definition) is 6. The predicted molar refractivity (Wildman–Crippen MR) is 73.9 cm³/mol. The van der Waals surface area contributed by atoms with Crippen LogP contribution < -0.4 is 10.1 Å². The zero-order chi connectivity index (χ0) is 14.4. The molecule has 2 rings (SSSR count). The Morgan fingerprint density at radius 3 is 2.70 bits per heavy atom. The summed E-state index contributed by atoms with van der Waals surface area (Å²) >= 11 is 0. The van der Waals surface area contributed by atoms with E-state index in [2.05, 4.69) is 15.3 Å². The Kier molecular flexibility index (Phi) is 4.43. The summed E-state index contributed by atoms with van der Waals surface area (Å²) in [4.78, 5) is 18.3. The summed E-state index contributed by atoms with van der Waals surface area (Å²) in [6.07, 6.45) is 2.33. The molecular weight excluding hydrogens is 260 g/mol. The lowest BCUT2D eigenvalue weighted by atomic mass is 10.1. The first-order chi connectivity index (χ1) is 9.69. The number of nitrogens with zero attached hydrogens (tertiary/aromatic N) is 3. The molecule has 7 heteroatoms. The lowest BCUT2D eigenvalue weighted by molar-refractivity contribution is -0.384. The maximum atomic E-state index is 10.5. The second kappa shape index (κ2) is 6.46. The van der Waals surface area contributed by atoms with Crippen LogP contribution in [0.15, 0.2) is 36.5 Å². The summed E-state index contributed by atoms with van der Waals surface area (Å²) in [6, 6.07) is 8.15. The number of benzene rings is 1. The van der Waals surface area contributed by atoms with Crippen molar-refractivity contribution >= 4 is 11.6 Å². The molecule has 7 nitrogen and oxygen atoms in total. The summed E-state index contributed by atoms with van der Waals surface area (Å²) in [6.45, 7) is 0.630. The van der Waals surface area contributed by atoms with E-state index in [1.165, 1.54) is 12.1 Å². The average molecular weight is 274 g/mol. The van der Waals surface area contributed by atoms with Crippen LogP contribution in [0.2, 0.25) is 0 Å². The first-order valence-electron chi connectivity index (χ1n) is 6.03. The monoisotopic (exact) mass is 274 g/mol. The van der Waals surface area contributed by atoms with Gasteiger partial charge in [-0.15, -0.1) is 0 Å². The number of methoxy groups -OCH3 is 1. The lowest BCUT2D eigenvalue weighted by Crippen LogP contribution is -2.08. The van der Waals surface area contributed by atoms with Crippen molar-refractivity contribution in [2.75, 3.05) is 19.0 Å². The van der Waals surface area contributed by atoms with Crippen LogP contribution in [0.4, 0.5) is 11.6 Å². The number of nitro groups is 1. The largest absolute Gasteiger partial charge is 0.481 e. The molecule has 2 aromatic rings. The van der Waals surface area contributed by atoms with Crippen molar-refractivity contribution in [3.05, 3.63) is 52.2 Å². The Morgan fingerprint density at radius 2 is 2.05 bits per heavy atom. The third-order valence-corrected chi connectivity index (χ3v) is 2.68. The van der Waals surface area contributed by atoms with Crippen molar-refractivity contribution in [3.63, 3.8) is 0 Å². The van der Waals surface area contributed by atoms with Crippen LogP contribution >= 0.6 is 0 Å². The Morgan fingerprint density at radius 1 is 1.30 bits per heavy atom. The SMILES string of the molecule is COc1ccnc(NCCc2ccc([N+](=O)[O-])cc2)n1. The smallest absolute Gasteiger partial charge is 0.269 e. The van der Waals surface area contributed by atoms with E-state index in [4.69, 9.17) is 4.74 Å². The zero-order valence-electron chi connectivity index (χ0n) is 10.9. The fourth-order valence-electron chi connectivity index (χ4n) is 1.64. The molecule has 104 valence electrons. The molecule has 0 saturated carbocycles. The highest BCUT2D eigenvalue weighted by Crippen LogP contribution is 2.12. The lowest BCUT2D eigenvalue weighted by Gasteiger charge is -2.05. The van der Waals surface area contributed by atoms with E-state index in [0.29, 0.717) is 18.4 Å². The molecule has 0 atom stereocenters. The summed E-state index contributed by atoms with van der Waals surface area (Å²) in [5.41, 5.74) is 1.10. The zero-order valence-corrected chi connectivity index (χ0v) is 10.9. The van der Waals surface area contributed by atoms with Gasteiger partial charge in [-0.05, 0) is 12.0 Å². The van der Waals surface area contributed by atoms with E-state index in [9.17, 15) is 10.1 Å². The molecule has 0 aliphatic rings. The Labute approximate surface area is 115 Å². The normalized spacial score (nSPS) is 10.1. The number of ether oxygens (including phenoxy) is 1. The van der Waals surface area contributed by atoms with Gasteiger partial charge in [0.2, 0.25) is 11.8 Å². The first kappa shape index (κ1) is 13.7. The number of hydrogen-bond donors (Lipinski definition) is 1. The molecule has 0 unspecified atom stereocenters. The van der Waals surface area contributed by atoms with Gasteiger partial charge >= 0.3 is 0 Å². The second-order valence-corrected chi connectivity index (χ2v) is 4.02. The van der Waals surface area contributed by atoms with Gasteiger partial charge < -0.3 is 10.1 Å². The molecule has 0 aliphatic heterocycles. The van der Waals surface area contributed by atoms with Gasteiger partial charge in [-0.25, -0.2) is 4.98 Å². The van der Waals surface area contributed by atoms with Crippen molar-refractivity contribution in [2.24, 2.45) is 0 Å². The van der Waals surface area contributed by atoms with Gasteiger partial charge in [-0.2, -0.15) is 4.98 Å². The van der Waals surface area contributed by atoms with Gasteiger partial charge in [-0.3, -0.25) is 10.1 Å². The highest BCUT2D eigenvalue weighted by molar-refractivity contribution is 5.34. The standard InChI is InChI=1S/C13H14N4O3/c1-20-12-7-9-15-13(16-12)14-8-6-10-2-4-11(5-3-10)17(18)19/h2-5,7,9H,6,8H2,1H3,(H,14,15,16). The molecule has 0 aliphatic carbocycles. The number of nitro benzene ring substituents is 1. The molecule has 1 N–H and O–H groups in total. The van der Waals surface area contributed by atoms with E-state index >= 15 is 0 Å². The second-order valence-electron chi connectivity index (χ2n) is 4.02. The highest BCUT2D eigenvalue weighted by atomic mass is 16.6. The number of rotatable bonds is 6. The van der Waals surface area contributed by atoms with Crippen LogP contribution in [0.25, 0.3) is 0 Å². The van der Waals surface area contributed by atoms with Gasteiger partial charge in [-0.1, -0.05) is 12.1 Å². The van der Waals surface area contributed by atoms with E-state index < -0.39 is 4.92 Å². The summed E-state index contributed by atoms with van der Waals surface area (Å²) in [5.74, 6) is 0.990. The van der Waals surface area contributed by atoms with E-state index in [1.807, 2.05) is 0 Å². The quantitative estimate of drug-likeness (QED) is 0.640. The van der Waals surface area contributed by atoms with E-state index in [1.54, 1.807) is 31.5 Å². The molecular formula is C13H14N4O3. The maximum absolute atomic E-state index is 10.5. The number of non-ortho nitro benzene ring substituents is 1. The minimum absolute atomic E-state index is 0.0952. The van der Waals surface area contributed by atoms with Crippen LogP contribution in [-0.2, 0) is 6.42 Å². The maximum Gasteiger partial charge on any atom is 0.269 e. The molecule has 0 saturated heterocycles. The van der Waals surface area contributed by atoms with E-state index in [-0.39, 0.29) is 5.69 Å². The van der Waals surface area contributed by atoms with Crippen LogP contribution in [-0.4, -0.2) is 28.5 Å². The fourth-order valence-corrected chi connectivity index (χ4v) is 1.64. The van der Waals surface area contributed by atoms with Gasteiger partial charge in [0.25, 0.3) is 5.69 Å². The van der Waals surface area contributed by atoms with Crippen molar-refractivity contribution in [1.29, 1.82) is 0 Å². The molecule has 1 aromatic carbocycles. The van der Waals surface area contributed by atoms with Crippen molar-refractivity contribution in [3.8, 4) is 5.88 Å². The minimum atomic E-state index is -0.411. The third-order valence-electron chi connectivity index (χ3n) is 2.68. The minimum Gasteiger partial charge on any atom is -0.481 e. The van der Waals surface area contributed by atoms with Crippen molar-refractivity contribution in [2.45, 2.75) is 6.42 Å². The van der Waals surface area contributed by atoms with E-state index in [0.717, 1.165) is 12.0 Å². The average Bonchev–Trinajstić information content (AvgIpc) is 2.48. The van der Waals surface area contributed by atoms with Gasteiger partial charge in [0, 0.05) is 30.9 Å². The van der Waals surface area contributed by atoms with Crippen LogP contribution in [0, 0.1) is 10.1 Å². The highest BCUT2D eigenvalue weighted by Gasteiger charge is 2.04. The number of nitrogens with one attached hydrogen (secondary N) is 1. The molecule has 0 amide bonds. The van der Waals surface area contributed by atoms with Crippen molar-refractivity contribution in [1.82, 2.24) is 9.97 Å². The molecule has 0 radical (unpaired) electrons. The molecule has 1 heterocycles. The van der Waals surface area contributed by atoms with Crippen molar-refractivity contribution < 1.29 is 9.66 Å². The Hall–Kier alpha value is -2.70. The van der Waals surface area contributed by atoms with Crippen LogP contribution in [0.3, 0.4) is 0 Å². The van der Waals surface area contributed by atoms with Crippen LogP contribution in [0.1, 0.15) is 5.56 Å². The topological polar surface area (TPSA) is 90.2 Å². The number of anilines is 1. The van der Waals surface area contributed by atoms with Gasteiger partial charge in [0.1, 0.15) is 0 Å². The first-order valence-corrected chi connectivity index (χ1v) is 6.03. The molecule has 20 heavy (non-hydrogen) atoms. The third kappa shape index (κ3) is 3.64. The summed E-state index contributed by atoms with van der Waals surface area (Å²) in [7, 11) is 1.54. The predicted octanol–water partition coefficient (Wildman–Crippen LogP) is 2.05. The van der Waals surface area contributed by atoms with Gasteiger partial charge in [0.05, 0.1) is 12.0 Å². The molecule has 0 fully saturated rings. The Bertz CT molecular complexity index is 586. The summed E-state index contributed by atoms with van der Waals surface area (Å²) in [5, 5.41) is 13.6. The molecule has 0 bridgehead atoms. The van der Waals surface area contributed by atoms with Gasteiger partial charge in [0.15, 0.2) is 0 Å². The Balaban J connectivity index is 1.87. The van der Waals surface area contributed by atoms with Crippen LogP contribution in [0.5, 0.6) is 5.88 Å². The summed E-state index contributed by atoms with van der Waals surface area (Å²) < 4.78 is 5.00. The number of aromatic nitrogens is 2.